The molecule has 0 aromatic heterocycles. The molecular weight excluding hydrogens is 106 g/mol. The number of hydrogen-bond donors (Lipinski definition) is 2. The molecule has 3 heteroatoms. The summed E-state index contributed by atoms with van der Waals surface area (Å²) in [4.78, 5) is 0. The molecule has 0 bridgehead atoms. The first-order valence-electron chi connectivity index (χ1n) is 2.47. The van der Waals surface area contributed by atoms with Crippen LogP contribution in [0.2, 0.25) is 0 Å². The molecule has 8 heavy (non-hydrogen) atoms. The van der Waals surface area contributed by atoms with Gasteiger partial charge in [-0.1, -0.05) is 13.3 Å². The largest absolute Gasteiger partial charge is 0.443 e. The summed E-state index contributed by atoms with van der Waals surface area (Å²) in [5, 5.41) is 21.8. The molecule has 0 heterocycles. The van der Waals surface area contributed by atoms with Crippen LogP contribution in [0.4, 0.5) is 0 Å². The van der Waals surface area contributed by atoms with E-state index in [1.165, 1.54) is 0 Å². The Bertz CT molecular complexity index is 55.9. The fraction of sp³-hybridized carbons (Fsp3) is 0.800. The van der Waals surface area contributed by atoms with Crippen LogP contribution in [0.5, 0.6) is 0 Å². The molecule has 2 N–H and O–H groups in total. The molecule has 0 aromatic carbocycles. The summed E-state index contributed by atoms with van der Waals surface area (Å²) in [7, 11) is 0. The van der Waals surface area contributed by atoms with Crippen LogP contribution in [0.1, 0.15) is 19.8 Å². The molecule has 0 aliphatic carbocycles. The lowest BCUT2D eigenvalue weighted by Gasteiger charge is -1.79. The van der Waals surface area contributed by atoms with E-state index in [1.807, 2.05) is 0 Å². The Balaban J connectivity index is 0. The second-order valence-corrected chi connectivity index (χ2v) is 1.18. The quantitative estimate of drug-likeness (QED) is 0.521. The standard InChI is InChI=1S/C4H10O.CHNO/c1-2-3-4-5;2-1-3/h5H,2-4H2,1H3;3H. The number of hydrogen-bond acceptors (Lipinski definition) is 3. The fourth-order valence-corrected chi connectivity index (χ4v) is 0.158. The molecule has 0 aromatic rings. The van der Waals surface area contributed by atoms with E-state index < -0.39 is 0 Å². The first-order valence-corrected chi connectivity index (χ1v) is 2.47. The fourth-order valence-electron chi connectivity index (χ4n) is 0.158. The van der Waals surface area contributed by atoms with E-state index in [0.29, 0.717) is 6.61 Å². The molecule has 0 rings (SSSR count). The van der Waals surface area contributed by atoms with Gasteiger partial charge in [-0.25, -0.2) is 0 Å². The van der Waals surface area contributed by atoms with Crippen LogP contribution in [-0.2, 0) is 0 Å². The lowest BCUT2D eigenvalue weighted by molar-refractivity contribution is 0.287. The molecule has 0 aliphatic heterocycles. The SMILES string of the molecule is CCCCO.N#CO. The Hall–Kier alpha value is -0.750. The Morgan fingerprint density at radius 1 is 1.62 bits per heavy atom. The van der Waals surface area contributed by atoms with Crippen LogP contribution in [0.3, 0.4) is 0 Å². The smallest absolute Gasteiger partial charge is 0.283 e. The number of nitrogens with zero attached hydrogens (tertiary/aromatic N) is 1. The van der Waals surface area contributed by atoms with E-state index in [-0.39, 0.29) is 0 Å². The van der Waals surface area contributed by atoms with Gasteiger partial charge in [0.25, 0.3) is 6.26 Å². The predicted octanol–water partition coefficient (Wildman–Crippen LogP) is 0.619. The molecule has 48 valence electrons. The second-order valence-electron chi connectivity index (χ2n) is 1.18. The third kappa shape index (κ3) is 60.7. The van der Waals surface area contributed by atoms with Crippen LogP contribution >= 0.6 is 0 Å². The molecule has 0 aliphatic rings. The number of rotatable bonds is 2. The number of unbranched alkanes of at least 4 members (excludes halogenated alkanes) is 1. The minimum atomic E-state index is 0.344. The maximum atomic E-state index is 8.07. The van der Waals surface area contributed by atoms with E-state index in [2.05, 4.69) is 6.92 Å². The Labute approximate surface area is 49.2 Å². The monoisotopic (exact) mass is 117 g/mol. The molecule has 0 radical (unpaired) electrons. The van der Waals surface area contributed by atoms with Gasteiger partial charge in [-0.3, -0.25) is 0 Å². The zero-order valence-corrected chi connectivity index (χ0v) is 4.96. The van der Waals surface area contributed by atoms with Crippen molar-refractivity contribution in [3.05, 3.63) is 0 Å². The minimum absolute atomic E-state index is 0.344. The van der Waals surface area contributed by atoms with Crippen LogP contribution in [0.25, 0.3) is 0 Å². The van der Waals surface area contributed by atoms with Crippen LogP contribution in [-0.4, -0.2) is 16.8 Å². The summed E-state index contributed by atoms with van der Waals surface area (Å²) in [5.74, 6) is 0. The van der Waals surface area contributed by atoms with Crippen LogP contribution < -0.4 is 0 Å². The molecule has 3 nitrogen and oxygen atoms in total. The van der Waals surface area contributed by atoms with Gasteiger partial charge in [0.15, 0.2) is 0 Å². The molecule has 0 saturated heterocycles. The molecule has 0 atom stereocenters. The first-order chi connectivity index (χ1) is 3.83. The molecule has 0 fully saturated rings. The number of aliphatic hydroxyl groups excluding tert-OH is 2. The van der Waals surface area contributed by atoms with Crippen molar-refractivity contribution in [3.63, 3.8) is 0 Å². The van der Waals surface area contributed by atoms with Crippen molar-refractivity contribution in [2.75, 3.05) is 6.61 Å². The molecule has 0 unspecified atom stereocenters. The normalized spacial score (nSPS) is 6.12. The zero-order valence-electron chi connectivity index (χ0n) is 4.96. The average molecular weight is 117 g/mol. The number of aliphatic hydroxyl groups is 2. The van der Waals surface area contributed by atoms with Crippen molar-refractivity contribution in [2.45, 2.75) is 19.8 Å². The molecule has 0 amide bonds. The van der Waals surface area contributed by atoms with Crippen molar-refractivity contribution in [1.82, 2.24) is 0 Å². The maximum absolute atomic E-state index is 8.07. The predicted molar refractivity (Wildman–Crippen MR) is 29.5 cm³/mol. The third-order valence-corrected chi connectivity index (χ3v) is 0.512. The summed E-state index contributed by atoms with van der Waals surface area (Å²) < 4.78 is 0. The Morgan fingerprint density at radius 2 is 2.00 bits per heavy atom. The van der Waals surface area contributed by atoms with Gasteiger partial charge in [0.2, 0.25) is 0 Å². The van der Waals surface area contributed by atoms with Crippen molar-refractivity contribution < 1.29 is 10.2 Å². The van der Waals surface area contributed by atoms with E-state index in [9.17, 15) is 0 Å². The second kappa shape index (κ2) is 16.3. The van der Waals surface area contributed by atoms with Gasteiger partial charge < -0.3 is 10.2 Å². The van der Waals surface area contributed by atoms with Gasteiger partial charge in [-0.2, -0.15) is 5.26 Å². The highest BCUT2D eigenvalue weighted by Gasteiger charge is 1.69. The van der Waals surface area contributed by atoms with Gasteiger partial charge in [-0.05, 0) is 6.42 Å². The van der Waals surface area contributed by atoms with Crippen molar-refractivity contribution in [1.29, 1.82) is 5.26 Å². The average Bonchev–Trinajstić information content (AvgIpc) is 1.71. The van der Waals surface area contributed by atoms with Crippen molar-refractivity contribution >= 4 is 0 Å². The molecule has 0 spiro atoms. The lowest BCUT2D eigenvalue weighted by atomic mass is 10.4. The van der Waals surface area contributed by atoms with Gasteiger partial charge in [-0.15, -0.1) is 0 Å². The minimum Gasteiger partial charge on any atom is -0.443 e. The summed E-state index contributed by atoms with van der Waals surface area (Å²) in [5.41, 5.74) is 0. The summed E-state index contributed by atoms with van der Waals surface area (Å²) in [6, 6.07) is 0. The third-order valence-electron chi connectivity index (χ3n) is 0.512. The van der Waals surface area contributed by atoms with Gasteiger partial charge in [0, 0.05) is 6.61 Å². The summed E-state index contributed by atoms with van der Waals surface area (Å²) in [6.07, 6.45) is 2.79. The Kier molecular flexibility index (Phi) is 20.9. The Morgan fingerprint density at radius 3 is 2.00 bits per heavy atom. The highest BCUT2D eigenvalue weighted by molar-refractivity contribution is 4.30. The molecule has 0 saturated carbocycles. The van der Waals surface area contributed by atoms with E-state index in [0.717, 1.165) is 19.1 Å². The van der Waals surface area contributed by atoms with Crippen molar-refractivity contribution in [2.24, 2.45) is 0 Å². The van der Waals surface area contributed by atoms with Gasteiger partial charge in [0.05, 0.1) is 0 Å². The highest BCUT2D eigenvalue weighted by Crippen LogP contribution is 1.78. The van der Waals surface area contributed by atoms with E-state index in [4.69, 9.17) is 15.5 Å². The highest BCUT2D eigenvalue weighted by atomic mass is 16.3. The van der Waals surface area contributed by atoms with Crippen LogP contribution in [0.15, 0.2) is 0 Å². The topological polar surface area (TPSA) is 64.2 Å². The zero-order chi connectivity index (χ0) is 6.83. The van der Waals surface area contributed by atoms with Crippen molar-refractivity contribution in [3.8, 4) is 6.26 Å². The number of nitriles is 1. The van der Waals surface area contributed by atoms with Gasteiger partial charge >= 0.3 is 0 Å². The summed E-state index contributed by atoms with van der Waals surface area (Å²) >= 11 is 0. The maximum Gasteiger partial charge on any atom is 0.283 e. The van der Waals surface area contributed by atoms with Crippen LogP contribution in [0, 0.1) is 11.5 Å². The van der Waals surface area contributed by atoms with E-state index in [1.54, 1.807) is 0 Å². The molecular formula is C5H11NO2. The lowest BCUT2D eigenvalue weighted by Crippen LogP contribution is -1.75. The van der Waals surface area contributed by atoms with Gasteiger partial charge in [0.1, 0.15) is 0 Å². The summed E-state index contributed by atoms with van der Waals surface area (Å²) in [6.45, 7) is 2.40. The van der Waals surface area contributed by atoms with E-state index >= 15 is 0 Å². The first kappa shape index (κ1) is 10.3.